The highest BCUT2D eigenvalue weighted by molar-refractivity contribution is 5.89. The Bertz CT molecular complexity index is 744. The number of carbonyl (C=O) groups excluding carboxylic acids is 2. The summed E-state index contributed by atoms with van der Waals surface area (Å²) < 4.78 is 15.4. The van der Waals surface area contributed by atoms with E-state index in [1.807, 2.05) is 0 Å². The van der Waals surface area contributed by atoms with Crippen molar-refractivity contribution in [3.8, 4) is 17.6 Å². The van der Waals surface area contributed by atoms with Crippen molar-refractivity contribution in [3.63, 3.8) is 0 Å². The average Bonchev–Trinajstić information content (AvgIpc) is 3.27. The molecule has 1 aliphatic carbocycles. The summed E-state index contributed by atoms with van der Waals surface area (Å²) in [4.78, 5) is 23.6. The van der Waals surface area contributed by atoms with E-state index in [2.05, 4.69) is 11.4 Å². The Morgan fingerprint density at radius 3 is 2.80 bits per heavy atom. The van der Waals surface area contributed by atoms with Crippen LogP contribution in [0.15, 0.2) is 24.3 Å². The number of nitriles is 1. The summed E-state index contributed by atoms with van der Waals surface area (Å²) in [7, 11) is 0. The van der Waals surface area contributed by atoms with Crippen molar-refractivity contribution >= 4 is 18.0 Å². The standard InChI is InChI=1S/C18H18N2O5/c19-11-18(7-1-2-8-18)20-16(21)10-23-17(22)6-4-13-3-5-14-15(9-13)25-12-24-14/h3-6,9H,1-2,7-8,10,12H2,(H,20,21)/b6-4+. The fourth-order valence-electron chi connectivity index (χ4n) is 2.91. The van der Waals surface area contributed by atoms with Crippen LogP contribution in [-0.2, 0) is 14.3 Å². The van der Waals surface area contributed by atoms with E-state index in [9.17, 15) is 14.9 Å². The zero-order chi connectivity index (χ0) is 17.7. The number of rotatable bonds is 5. The van der Waals surface area contributed by atoms with E-state index in [0.717, 1.165) is 18.4 Å². The van der Waals surface area contributed by atoms with Gasteiger partial charge in [-0.2, -0.15) is 5.26 Å². The first-order valence-electron chi connectivity index (χ1n) is 8.07. The van der Waals surface area contributed by atoms with Crippen LogP contribution in [0.3, 0.4) is 0 Å². The third-order valence-corrected chi connectivity index (χ3v) is 4.20. The number of fused-ring (bicyclic) bond motifs is 1. The monoisotopic (exact) mass is 342 g/mol. The first-order chi connectivity index (χ1) is 12.1. The van der Waals surface area contributed by atoms with Crippen molar-refractivity contribution in [1.82, 2.24) is 5.32 Å². The molecule has 1 amide bonds. The van der Waals surface area contributed by atoms with E-state index < -0.39 is 24.0 Å². The van der Waals surface area contributed by atoms with Gasteiger partial charge in [0.2, 0.25) is 6.79 Å². The van der Waals surface area contributed by atoms with Crippen LogP contribution in [0.1, 0.15) is 31.2 Å². The Morgan fingerprint density at radius 2 is 2.04 bits per heavy atom. The van der Waals surface area contributed by atoms with Gasteiger partial charge >= 0.3 is 5.97 Å². The highest BCUT2D eigenvalue weighted by Gasteiger charge is 2.35. The third-order valence-electron chi connectivity index (χ3n) is 4.20. The number of benzene rings is 1. The van der Waals surface area contributed by atoms with Gasteiger partial charge in [-0.25, -0.2) is 4.79 Å². The maximum Gasteiger partial charge on any atom is 0.331 e. The van der Waals surface area contributed by atoms with Crippen LogP contribution in [0.25, 0.3) is 6.08 Å². The zero-order valence-corrected chi connectivity index (χ0v) is 13.6. The van der Waals surface area contributed by atoms with Crippen molar-refractivity contribution in [1.29, 1.82) is 5.26 Å². The van der Waals surface area contributed by atoms with Crippen LogP contribution in [-0.4, -0.2) is 30.8 Å². The maximum atomic E-state index is 11.9. The Morgan fingerprint density at radius 1 is 1.28 bits per heavy atom. The lowest BCUT2D eigenvalue weighted by Crippen LogP contribution is -2.46. The Balaban J connectivity index is 1.48. The minimum Gasteiger partial charge on any atom is -0.454 e. The van der Waals surface area contributed by atoms with Gasteiger partial charge in [0.25, 0.3) is 5.91 Å². The Hall–Kier alpha value is -3.01. The number of hydrogen-bond donors (Lipinski definition) is 1. The molecule has 0 spiro atoms. The predicted octanol–water partition coefficient (Wildman–Crippen LogP) is 1.92. The summed E-state index contributed by atoms with van der Waals surface area (Å²) in [5.41, 5.74) is -0.0636. The third kappa shape index (κ3) is 4.10. The summed E-state index contributed by atoms with van der Waals surface area (Å²) in [6, 6.07) is 7.43. The van der Waals surface area contributed by atoms with Gasteiger partial charge in [0, 0.05) is 6.08 Å². The maximum absolute atomic E-state index is 11.9. The number of nitrogens with one attached hydrogen (secondary N) is 1. The Labute approximate surface area is 145 Å². The molecule has 2 aliphatic rings. The van der Waals surface area contributed by atoms with Crippen LogP contribution < -0.4 is 14.8 Å². The molecule has 130 valence electrons. The zero-order valence-electron chi connectivity index (χ0n) is 13.6. The molecule has 0 aromatic heterocycles. The molecule has 7 heteroatoms. The molecule has 0 bridgehead atoms. The molecule has 0 atom stereocenters. The molecule has 1 aliphatic heterocycles. The van der Waals surface area contributed by atoms with Crippen molar-refractivity contribution in [2.45, 2.75) is 31.2 Å². The van der Waals surface area contributed by atoms with Crippen LogP contribution in [0, 0.1) is 11.3 Å². The van der Waals surface area contributed by atoms with Crippen molar-refractivity contribution in [2.24, 2.45) is 0 Å². The minimum atomic E-state index is -0.814. The molecule has 25 heavy (non-hydrogen) atoms. The molecule has 1 aromatic carbocycles. The molecular weight excluding hydrogens is 324 g/mol. The van der Waals surface area contributed by atoms with Gasteiger partial charge in [0.15, 0.2) is 18.1 Å². The van der Waals surface area contributed by atoms with Gasteiger partial charge in [-0.05, 0) is 49.5 Å². The van der Waals surface area contributed by atoms with Crippen molar-refractivity contribution in [3.05, 3.63) is 29.8 Å². The van der Waals surface area contributed by atoms with Gasteiger partial charge < -0.3 is 19.5 Å². The number of ether oxygens (including phenoxy) is 3. The van der Waals surface area contributed by atoms with Crippen molar-refractivity contribution in [2.75, 3.05) is 13.4 Å². The van der Waals surface area contributed by atoms with Crippen molar-refractivity contribution < 1.29 is 23.8 Å². The topological polar surface area (TPSA) is 97.7 Å². The first-order valence-corrected chi connectivity index (χ1v) is 8.07. The van der Waals surface area contributed by atoms with Crippen LogP contribution in [0.4, 0.5) is 0 Å². The number of hydrogen-bond acceptors (Lipinski definition) is 6. The van der Waals surface area contributed by atoms with Gasteiger partial charge in [-0.1, -0.05) is 6.07 Å². The fraction of sp³-hybridized carbons (Fsp3) is 0.389. The largest absolute Gasteiger partial charge is 0.454 e. The number of carbonyl (C=O) groups is 2. The number of esters is 1. The summed E-state index contributed by atoms with van der Waals surface area (Å²) in [5, 5.41) is 11.9. The minimum absolute atomic E-state index is 0.184. The van der Waals surface area contributed by atoms with Gasteiger partial charge in [-0.3, -0.25) is 4.79 Å². The van der Waals surface area contributed by atoms with E-state index in [1.165, 1.54) is 6.08 Å². The highest BCUT2D eigenvalue weighted by atomic mass is 16.7. The average molecular weight is 342 g/mol. The molecule has 1 saturated carbocycles. The molecule has 0 saturated heterocycles. The summed E-state index contributed by atoms with van der Waals surface area (Å²) in [5.74, 6) is 0.182. The molecule has 0 radical (unpaired) electrons. The lowest BCUT2D eigenvalue weighted by atomic mass is 10.00. The second kappa shape index (κ2) is 7.26. The smallest absolute Gasteiger partial charge is 0.331 e. The summed E-state index contributed by atoms with van der Waals surface area (Å²) in [6.45, 7) is -0.225. The lowest BCUT2D eigenvalue weighted by molar-refractivity contribution is -0.144. The molecule has 1 fully saturated rings. The van der Waals surface area contributed by atoms with E-state index in [0.29, 0.717) is 24.3 Å². The van der Waals surface area contributed by atoms with E-state index in [1.54, 1.807) is 24.3 Å². The van der Waals surface area contributed by atoms with Gasteiger partial charge in [0.1, 0.15) is 5.54 Å². The summed E-state index contributed by atoms with van der Waals surface area (Å²) >= 11 is 0. The first kappa shape index (κ1) is 16.8. The SMILES string of the molecule is N#CC1(NC(=O)COC(=O)/C=C/c2ccc3c(c2)OCO3)CCCC1. The van der Waals surface area contributed by atoms with Crippen LogP contribution in [0.2, 0.25) is 0 Å². The van der Waals surface area contributed by atoms with Crippen LogP contribution >= 0.6 is 0 Å². The number of amides is 1. The molecule has 7 nitrogen and oxygen atoms in total. The molecule has 1 aromatic rings. The molecular formula is C18H18N2O5. The second-order valence-corrected chi connectivity index (χ2v) is 6.00. The normalized spacial score (nSPS) is 17.2. The van der Waals surface area contributed by atoms with Gasteiger partial charge in [0.05, 0.1) is 6.07 Å². The fourth-order valence-corrected chi connectivity index (χ4v) is 2.91. The lowest BCUT2D eigenvalue weighted by Gasteiger charge is -2.21. The predicted molar refractivity (Wildman–Crippen MR) is 87.5 cm³/mol. The second-order valence-electron chi connectivity index (χ2n) is 6.00. The van der Waals surface area contributed by atoms with Gasteiger partial charge in [-0.15, -0.1) is 0 Å². The number of nitrogens with zero attached hydrogens (tertiary/aromatic N) is 1. The quantitative estimate of drug-likeness (QED) is 0.648. The van der Waals surface area contributed by atoms with E-state index >= 15 is 0 Å². The van der Waals surface area contributed by atoms with E-state index in [4.69, 9.17) is 14.2 Å². The highest BCUT2D eigenvalue weighted by Crippen LogP contribution is 2.32. The molecule has 0 unspecified atom stereocenters. The molecule has 3 rings (SSSR count). The molecule has 1 heterocycles. The summed E-state index contributed by atoms with van der Waals surface area (Å²) in [6.07, 6.45) is 5.88. The van der Waals surface area contributed by atoms with Crippen LogP contribution in [0.5, 0.6) is 11.5 Å². The van der Waals surface area contributed by atoms with E-state index in [-0.39, 0.29) is 6.79 Å². The molecule has 1 N–H and O–H groups in total. The Kier molecular flexibility index (Phi) is 4.89.